The number of amides is 2. The summed E-state index contributed by atoms with van der Waals surface area (Å²) in [6.07, 6.45) is 0.391. The van der Waals surface area contributed by atoms with Crippen LogP contribution >= 0.6 is 11.3 Å². The molecule has 1 heterocycles. The molecule has 0 aliphatic carbocycles. The van der Waals surface area contributed by atoms with Gasteiger partial charge < -0.3 is 15.7 Å². The van der Waals surface area contributed by atoms with Crippen molar-refractivity contribution in [2.75, 3.05) is 4.72 Å². The second kappa shape index (κ2) is 13.1. The Kier molecular flexibility index (Phi) is 9.93. The van der Waals surface area contributed by atoms with E-state index in [9.17, 15) is 22.8 Å². The van der Waals surface area contributed by atoms with E-state index in [0.717, 1.165) is 16.8 Å². The number of thiazole rings is 1. The summed E-state index contributed by atoms with van der Waals surface area (Å²) in [6.45, 7) is 1.96. The van der Waals surface area contributed by atoms with Crippen LogP contribution in [0.4, 0.5) is 5.69 Å². The van der Waals surface area contributed by atoms with Gasteiger partial charge in [-0.2, -0.15) is 8.42 Å². The number of nitrogens with one attached hydrogen (secondary N) is 3. The number of benzene rings is 2. The summed E-state index contributed by atoms with van der Waals surface area (Å²) in [4.78, 5) is 41.3. The predicted molar refractivity (Wildman–Crippen MR) is 142 cm³/mol. The summed E-state index contributed by atoms with van der Waals surface area (Å²) in [5.74, 6) is -2.59. The van der Waals surface area contributed by atoms with Crippen LogP contribution in [0.15, 0.2) is 60.0 Å². The lowest BCUT2D eigenvalue weighted by Gasteiger charge is -2.23. The summed E-state index contributed by atoms with van der Waals surface area (Å²) in [7, 11) is -4.41. The summed E-state index contributed by atoms with van der Waals surface area (Å²) >= 11 is 1.38. The van der Waals surface area contributed by atoms with Crippen LogP contribution in [0.5, 0.6) is 0 Å². The van der Waals surface area contributed by atoms with Gasteiger partial charge in [0.05, 0.1) is 17.4 Å². The number of hydrogen-bond donors (Lipinski definition) is 5. The molecule has 0 radical (unpaired) electrons. The van der Waals surface area contributed by atoms with Crippen molar-refractivity contribution < 1.29 is 32.5 Å². The topological polar surface area (TPSA) is 175 Å². The van der Waals surface area contributed by atoms with Crippen LogP contribution in [-0.2, 0) is 44.0 Å². The largest absolute Gasteiger partial charge is 0.481 e. The number of aryl methyl sites for hydroxylation is 1. The molecule has 38 heavy (non-hydrogen) atoms. The third-order valence-corrected chi connectivity index (χ3v) is 6.93. The minimum atomic E-state index is -4.41. The van der Waals surface area contributed by atoms with Crippen molar-refractivity contribution in [3.63, 3.8) is 0 Å². The first-order valence-corrected chi connectivity index (χ1v) is 14.0. The zero-order valence-electron chi connectivity index (χ0n) is 20.5. The summed E-state index contributed by atoms with van der Waals surface area (Å²) in [5, 5.41) is 17.0. The van der Waals surface area contributed by atoms with Crippen LogP contribution in [0, 0.1) is 0 Å². The summed E-state index contributed by atoms with van der Waals surface area (Å²) in [5.41, 5.74) is 2.55. The lowest BCUT2D eigenvalue weighted by molar-refractivity contribution is -0.141. The fraction of sp³-hybridized carbons (Fsp3) is 0.280. The average Bonchev–Trinajstić information content (AvgIpc) is 3.33. The van der Waals surface area contributed by atoms with Crippen LogP contribution in [0.1, 0.15) is 41.2 Å². The number of carbonyl (C=O) groups excluding carboxylic acids is 2. The second-order valence-corrected chi connectivity index (χ2v) is 10.5. The smallest absolute Gasteiger partial charge is 0.357 e. The molecule has 11 nitrogen and oxygen atoms in total. The molecule has 2 atom stereocenters. The Morgan fingerprint density at radius 3 is 2.21 bits per heavy atom. The van der Waals surface area contributed by atoms with Gasteiger partial charge in [-0.15, -0.1) is 11.3 Å². The van der Waals surface area contributed by atoms with Gasteiger partial charge in [0.15, 0.2) is 0 Å². The summed E-state index contributed by atoms with van der Waals surface area (Å²) < 4.78 is 33.1. The number of carboxylic acid groups (broad SMARTS) is 1. The molecule has 0 unspecified atom stereocenters. The SMILES string of the molecule is CCc1csc([C@H](Cc2ccc(NS(=O)(=O)O)cc2)NC(=O)[C@H](Cc2ccccc2)NC(=O)CC(=O)O)n1. The Balaban J connectivity index is 1.83. The highest BCUT2D eigenvalue weighted by Gasteiger charge is 2.26. The molecule has 2 amide bonds. The van der Waals surface area contributed by atoms with Gasteiger partial charge in [0.1, 0.15) is 17.5 Å². The maximum atomic E-state index is 13.4. The molecular formula is C25H28N4O7S2. The van der Waals surface area contributed by atoms with Gasteiger partial charge in [0.2, 0.25) is 11.8 Å². The quantitative estimate of drug-likeness (QED) is 0.157. The van der Waals surface area contributed by atoms with Crippen LogP contribution in [0.2, 0.25) is 0 Å². The van der Waals surface area contributed by atoms with E-state index >= 15 is 0 Å². The van der Waals surface area contributed by atoms with Crippen molar-refractivity contribution in [3.05, 3.63) is 81.8 Å². The van der Waals surface area contributed by atoms with Gasteiger partial charge in [0.25, 0.3) is 0 Å². The number of aliphatic carboxylic acids is 1. The van der Waals surface area contributed by atoms with E-state index < -0.39 is 46.6 Å². The number of carboxylic acids is 1. The number of aromatic nitrogens is 1. The maximum Gasteiger partial charge on any atom is 0.357 e. The van der Waals surface area contributed by atoms with E-state index in [4.69, 9.17) is 9.66 Å². The fourth-order valence-electron chi connectivity index (χ4n) is 3.65. The second-order valence-electron chi connectivity index (χ2n) is 8.45. The summed E-state index contributed by atoms with van der Waals surface area (Å²) in [6, 6.07) is 13.7. The highest BCUT2D eigenvalue weighted by Crippen LogP contribution is 2.24. The van der Waals surface area contributed by atoms with Gasteiger partial charge in [-0.3, -0.25) is 23.7 Å². The molecule has 0 aliphatic rings. The molecule has 0 saturated heterocycles. The third kappa shape index (κ3) is 9.25. The zero-order chi connectivity index (χ0) is 27.7. The minimum absolute atomic E-state index is 0.152. The number of hydrogen-bond acceptors (Lipinski definition) is 7. The molecule has 13 heteroatoms. The standard InChI is InChI=1S/C25H28N4O7S2/c1-2-18-15-37-25(26-18)21(13-17-8-10-19(11-9-17)29-38(34,35)36)28-24(33)20(27-22(30)14-23(31)32)12-16-6-4-3-5-7-16/h3-11,15,20-21,29H,2,12-14H2,1H3,(H,27,30)(H,28,33)(H,31,32)(H,34,35,36)/t20-,21-/m0/s1. The van der Waals surface area contributed by atoms with E-state index in [1.807, 2.05) is 23.1 Å². The van der Waals surface area contributed by atoms with Crippen molar-refractivity contribution in [2.24, 2.45) is 0 Å². The molecule has 202 valence electrons. The first kappa shape index (κ1) is 28.8. The van der Waals surface area contributed by atoms with Crippen molar-refractivity contribution in [3.8, 4) is 0 Å². The van der Waals surface area contributed by atoms with Gasteiger partial charge in [-0.05, 0) is 36.1 Å². The van der Waals surface area contributed by atoms with Gasteiger partial charge in [-0.1, -0.05) is 49.4 Å². The Morgan fingerprint density at radius 2 is 1.63 bits per heavy atom. The molecule has 3 aromatic rings. The Labute approximate surface area is 224 Å². The van der Waals surface area contributed by atoms with E-state index in [0.29, 0.717) is 17.8 Å². The first-order chi connectivity index (χ1) is 18.0. The number of carbonyl (C=O) groups is 3. The molecule has 0 spiro atoms. The molecule has 2 aromatic carbocycles. The normalized spacial score (nSPS) is 12.8. The predicted octanol–water partition coefficient (Wildman–Crippen LogP) is 2.52. The van der Waals surface area contributed by atoms with E-state index in [-0.39, 0.29) is 12.1 Å². The van der Waals surface area contributed by atoms with E-state index in [1.54, 1.807) is 36.4 Å². The first-order valence-electron chi connectivity index (χ1n) is 11.7. The molecule has 0 saturated carbocycles. The maximum absolute atomic E-state index is 13.4. The Hall–Kier alpha value is -3.81. The molecule has 5 N–H and O–H groups in total. The molecule has 0 fully saturated rings. The minimum Gasteiger partial charge on any atom is -0.481 e. The van der Waals surface area contributed by atoms with Crippen molar-refractivity contribution in [1.82, 2.24) is 15.6 Å². The highest BCUT2D eigenvalue weighted by atomic mass is 32.2. The molecule has 0 bridgehead atoms. The van der Waals surface area contributed by atoms with Crippen LogP contribution < -0.4 is 15.4 Å². The van der Waals surface area contributed by atoms with Gasteiger partial charge in [0, 0.05) is 11.8 Å². The fourth-order valence-corrected chi connectivity index (χ4v) is 5.04. The van der Waals surface area contributed by atoms with Crippen molar-refractivity contribution in [1.29, 1.82) is 0 Å². The number of nitrogens with zero attached hydrogens (tertiary/aromatic N) is 1. The van der Waals surface area contributed by atoms with Gasteiger partial charge >= 0.3 is 16.3 Å². The lowest BCUT2D eigenvalue weighted by Crippen LogP contribution is -2.49. The Morgan fingerprint density at radius 1 is 0.974 bits per heavy atom. The lowest BCUT2D eigenvalue weighted by atomic mass is 10.0. The highest BCUT2D eigenvalue weighted by molar-refractivity contribution is 7.87. The molecule has 0 aliphatic heterocycles. The van der Waals surface area contributed by atoms with Gasteiger partial charge in [-0.25, -0.2) is 4.98 Å². The van der Waals surface area contributed by atoms with Crippen molar-refractivity contribution in [2.45, 2.75) is 44.7 Å². The zero-order valence-corrected chi connectivity index (χ0v) is 22.1. The average molecular weight is 561 g/mol. The third-order valence-electron chi connectivity index (χ3n) is 5.43. The van der Waals surface area contributed by atoms with E-state index in [2.05, 4.69) is 15.6 Å². The van der Waals surface area contributed by atoms with Crippen molar-refractivity contribution >= 4 is 45.1 Å². The number of rotatable bonds is 13. The van der Waals surface area contributed by atoms with Crippen LogP contribution in [0.3, 0.4) is 0 Å². The monoisotopic (exact) mass is 560 g/mol. The van der Waals surface area contributed by atoms with Crippen LogP contribution in [0.25, 0.3) is 0 Å². The van der Waals surface area contributed by atoms with Crippen LogP contribution in [-0.4, -0.2) is 46.9 Å². The Bertz CT molecular complexity index is 1360. The van der Waals surface area contributed by atoms with E-state index in [1.165, 1.54) is 23.5 Å². The molecular weight excluding hydrogens is 532 g/mol. The molecule has 1 aromatic heterocycles. The molecule has 3 rings (SSSR count). The number of anilines is 1.